The number of carbonyl (C=O) groups excluding carboxylic acids is 2. The van der Waals surface area contributed by atoms with Gasteiger partial charge in [-0.15, -0.1) is 12.6 Å². The molecule has 1 aromatic carbocycles. The van der Waals surface area contributed by atoms with E-state index in [0.29, 0.717) is 15.5 Å². The van der Waals surface area contributed by atoms with Gasteiger partial charge in [0.1, 0.15) is 6.04 Å². The molecule has 1 unspecified atom stereocenters. The molecule has 0 aromatic heterocycles. The molecule has 0 fully saturated rings. The maximum atomic E-state index is 12.1. The number of amides is 2. The van der Waals surface area contributed by atoms with Crippen molar-refractivity contribution in [1.82, 2.24) is 10.6 Å². The average Bonchev–Trinajstić information content (AvgIpc) is 2.29. The van der Waals surface area contributed by atoms with Gasteiger partial charge in [-0.25, -0.2) is 0 Å². The van der Waals surface area contributed by atoms with Crippen molar-refractivity contribution in [2.45, 2.75) is 44.2 Å². The van der Waals surface area contributed by atoms with Gasteiger partial charge in [0.05, 0.1) is 10.6 Å². The Morgan fingerprint density at radius 1 is 1.30 bits per heavy atom. The number of halogens is 1. The van der Waals surface area contributed by atoms with E-state index < -0.39 is 11.9 Å². The van der Waals surface area contributed by atoms with E-state index in [2.05, 4.69) is 23.3 Å². The highest BCUT2D eigenvalue weighted by Crippen LogP contribution is 2.19. The zero-order valence-electron chi connectivity index (χ0n) is 12.0. The molecule has 0 bridgehead atoms. The average molecular weight is 315 g/mol. The second kappa shape index (κ2) is 6.50. The van der Waals surface area contributed by atoms with Crippen molar-refractivity contribution in [3.05, 3.63) is 28.8 Å². The van der Waals surface area contributed by atoms with Crippen LogP contribution in [-0.2, 0) is 4.79 Å². The molecule has 0 heterocycles. The minimum Gasteiger partial charge on any atom is -0.350 e. The number of nitrogens with one attached hydrogen (secondary N) is 2. The lowest BCUT2D eigenvalue weighted by Gasteiger charge is -2.23. The molecule has 0 aliphatic carbocycles. The van der Waals surface area contributed by atoms with Crippen LogP contribution in [0.25, 0.3) is 0 Å². The van der Waals surface area contributed by atoms with Gasteiger partial charge < -0.3 is 10.6 Å². The molecule has 0 saturated heterocycles. The van der Waals surface area contributed by atoms with Crippen molar-refractivity contribution >= 4 is 36.0 Å². The molecule has 4 nitrogen and oxygen atoms in total. The van der Waals surface area contributed by atoms with E-state index in [1.807, 2.05) is 20.8 Å². The van der Waals surface area contributed by atoms with Gasteiger partial charge in [-0.1, -0.05) is 11.6 Å². The van der Waals surface area contributed by atoms with Crippen LogP contribution in [-0.4, -0.2) is 23.4 Å². The normalized spacial score (nSPS) is 12.7. The van der Waals surface area contributed by atoms with Crippen LogP contribution in [0.1, 0.15) is 38.1 Å². The Morgan fingerprint density at radius 3 is 2.45 bits per heavy atom. The molecule has 1 atom stereocenters. The number of thiol groups is 1. The van der Waals surface area contributed by atoms with Gasteiger partial charge in [0, 0.05) is 10.4 Å². The summed E-state index contributed by atoms with van der Waals surface area (Å²) in [4.78, 5) is 24.6. The predicted octanol–water partition coefficient (Wildman–Crippen LogP) is 2.66. The van der Waals surface area contributed by atoms with Gasteiger partial charge in [0.25, 0.3) is 5.91 Å². The van der Waals surface area contributed by atoms with Gasteiger partial charge in [0.15, 0.2) is 0 Å². The van der Waals surface area contributed by atoms with Crippen LogP contribution in [0.15, 0.2) is 23.1 Å². The van der Waals surface area contributed by atoms with Crippen molar-refractivity contribution in [2.24, 2.45) is 0 Å². The zero-order chi connectivity index (χ0) is 15.5. The first-order chi connectivity index (χ1) is 9.10. The van der Waals surface area contributed by atoms with E-state index in [9.17, 15) is 9.59 Å². The molecule has 6 heteroatoms. The SMILES string of the molecule is CC(NC(=O)c1cc(S)ccc1Cl)C(=O)NC(C)(C)C. The number of rotatable bonds is 3. The highest BCUT2D eigenvalue weighted by atomic mass is 35.5. The van der Waals surface area contributed by atoms with Crippen LogP contribution in [0.3, 0.4) is 0 Å². The first kappa shape index (κ1) is 16.9. The Balaban J connectivity index is 2.75. The van der Waals surface area contributed by atoms with Gasteiger partial charge in [-0.05, 0) is 45.9 Å². The summed E-state index contributed by atoms with van der Waals surface area (Å²) in [5.41, 5.74) is -0.0479. The lowest BCUT2D eigenvalue weighted by Crippen LogP contribution is -2.50. The molecule has 110 valence electrons. The smallest absolute Gasteiger partial charge is 0.253 e. The highest BCUT2D eigenvalue weighted by Gasteiger charge is 2.22. The van der Waals surface area contributed by atoms with Crippen LogP contribution in [0.2, 0.25) is 5.02 Å². The molecule has 2 amide bonds. The maximum absolute atomic E-state index is 12.1. The highest BCUT2D eigenvalue weighted by molar-refractivity contribution is 7.80. The fourth-order valence-electron chi connectivity index (χ4n) is 1.51. The van der Waals surface area contributed by atoms with Crippen molar-refractivity contribution in [2.75, 3.05) is 0 Å². The molecule has 0 aliphatic rings. The Bertz CT molecular complexity index is 526. The summed E-state index contributed by atoms with van der Waals surface area (Å²) < 4.78 is 0. The summed E-state index contributed by atoms with van der Waals surface area (Å²) in [7, 11) is 0. The Hall–Kier alpha value is -1.20. The van der Waals surface area contributed by atoms with E-state index in [1.165, 1.54) is 0 Å². The first-order valence-corrected chi connectivity index (χ1v) is 7.04. The van der Waals surface area contributed by atoms with Crippen LogP contribution in [0.5, 0.6) is 0 Å². The quantitative estimate of drug-likeness (QED) is 0.751. The third-order valence-corrected chi connectivity index (χ3v) is 3.04. The Labute approximate surface area is 129 Å². The molecule has 0 radical (unpaired) electrons. The first-order valence-electron chi connectivity index (χ1n) is 6.21. The predicted molar refractivity (Wildman–Crippen MR) is 83.5 cm³/mol. The fourth-order valence-corrected chi connectivity index (χ4v) is 1.91. The molecule has 20 heavy (non-hydrogen) atoms. The van der Waals surface area contributed by atoms with E-state index in [4.69, 9.17) is 11.6 Å². The lowest BCUT2D eigenvalue weighted by molar-refractivity contribution is -0.124. The molecule has 1 aromatic rings. The number of benzene rings is 1. The summed E-state index contributed by atoms with van der Waals surface area (Å²) in [5.74, 6) is -0.647. The van der Waals surface area contributed by atoms with Gasteiger partial charge in [-0.2, -0.15) is 0 Å². The standard InChI is InChI=1S/C14H19ClN2O2S/c1-8(12(18)17-14(2,3)4)16-13(19)10-7-9(20)5-6-11(10)15/h5-8,20H,1-4H3,(H,16,19)(H,17,18). The third kappa shape index (κ3) is 5.06. The summed E-state index contributed by atoms with van der Waals surface area (Å²) in [6.45, 7) is 7.25. The van der Waals surface area contributed by atoms with E-state index in [1.54, 1.807) is 25.1 Å². The zero-order valence-corrected chi connectivity index (χ0v) is 13.6. The summed E-state index contributed by atoms with van der Waals surface area (Å²) in [6, 6.07) is 4.20. The van der Waals surface area contributed by atoms with Gasteiger partial charge >= 0.3 is 0 Å². The van der Waals surface area contributed by atoms with Crippen LogP contribution < -0.4 is 10.6 Å². The van der Waals surface area contributed by atoms with Crippen LogP contribution in [0, 0.1) is 0 Å². The molecular weight excluding hydrogens is 296 g/mol. The largest absolute Gasteiger partial charge is 0.350 e. The Morgan fingerprint density at radius 2 is 1.90 bits per heavy atom. The van der Waals surface area contributed by atoms with Crippen molar-refractivity contribution in [1.29, 1.82) is 0 Å². The molecule has 0 saturated carbocycles. The number of carbonyl (C=O) groups is 2. The van der Waals surface area contributed by atoms with Gasteiger partial charge in [-0.3, -0.25) is 9.59 Å². The van der Waals surface area contributed by atoms with Crippen molar-refractivity contribution < 1.29 is 9.59 Å². The minimum atomic E-state index is -0.652. The second-order valence-corrected chi connectivity index (χ2v) is 6.52. The molecule has 0 spiro atoms. The molecule has 2 N–H and O–H groups in total. The van der Waals surface area contributed by atoms with Gasteiger partial charge in [0.2, 0.25) is 5.91 Å². The van der Waals surface area contributed by atoms with Crippen LogP contribution >= 0.6 is 24.2 Å². The van der Waals surface area contributed by atoms with E-state index in [0.717, 1.165) is 0 Å². The second-order valence-electron chi connectivity index (χ2n) is 5.60. The van der Waals surface area contributed by atoms with Crippen LogP contribution in [0.4, 0.5) is 0 Å². The Kier molecular flexibility index (Phi) is 5.48. The van der Waals surface area contributed by atoms with E-state index in [-0.39, 0.29) is 11.4 Å². The van der Waals surface area contributed by atoms with Crippen molar-refractivity contribution in [3.8, 4) is 0 Å². The summed E-state index contributed by atoms with van der Waals surface area (Å²) >= 11 is 10.1. The minimum absolute atomic E-state index is 0.246. The summed E-state index contributed by atoms with van der Waals surface area (Å²) in [5, 5.41) is 5.74. The summed E-state index contributed by atoms with van der Waals surface area (Å²) in [6.07, 6.45) is 0. The fraction of sp³-hybridized carbons (Fsp3) is 0.429. The monoisotopic (exact) mass is 314 g/mol. The number of hydrogen-bond acceptors (Lipinski definition) is 3. The topological polar surface area (TPSA) is 58.2 Å². The molecule has 0 aliphatic heterocycles. The molecule has 1 rings (SSSR count). The lowest BCUT2D eigenvalue weighted by atomic mass is 10.1. The molecular formula is C14H19ClN2O2S. The maximum Gasteiger partial charge on any atom is 0.253 e. The van der Waals surface area contributed by atoms with Crippen molar-refractivity contribution in [3.63, 3.8) is 0 Å². The van der Waals surface area contributed by atoms with E-state index >= 15 is 0 Å². The third-order valence-electron chi connectivity index (χ3n) is 2.43. The number of hydrogen-bond donors (Lipinski definition) is 3.